The van der Waals surface area contributed by atoms with E-state index < -0.39 is 17.0 Å². The van der Waals surface area contributed by atoms with Crippen molar-refractivity contribution in [2.45, 2.75) is 31.8 Å². The average molecular weight is 291 g/mol. The summed E-state index contributed by atoms with van der Waals surface area (Å²) in [5, 5.41) is 1.95. The molecule has 0 aromatic heterocycles. The molecule has 1 N–H and O–H groups in total. The first-order valence-electron chi connectivity index (χ1n) is 5.84. The highest BCUT2D eigenvalue weighted by molar-refractivity contribution is 7.81. The minimum Gasteiger partial charge on any atom is -0.351 e. The highest BCUT2D eigenvalue weighted by Gasteiger charge is 2.32. The molecule has 6 heteroatoms. The fourth-order valence-electron chi connectivity index (χ4n) is 1.54. The lowest BCUT2D eigenvalue weighted by atomic mass is 10.1. The van der Waals surface area contributed by atoms with E-state index in [-0.39, 0.29) is 23.9 Å². The van der Waals surface area contributed by atoms with Gasteiger partial charge in [-0.2, -0.15) is 25.8 Å². The Kier molecular flexibility index (Phi) is 5.29. The van der Waals surface area contributed by atoms with Crippen LogP contribution in [0.3, 0.4) is 0 Å². The first kappa shape index (κ1) is 15.9. The van der Waals surface area contributed by atoms with Gasteiger partial charge in [-0.1, -0.05) is 32.0 Å². The molecule has 0 saturated heterocycles. The topological polar surface area (TPSA) is 29.1 Å². The molecule has 1 atom stereocenters. The molecule has 0 aliphatic rings. The second-order valence-electron chi connectivity index (χ2n) is 4.56. The summed E-state index contributed by atoms with van der Waals surface area (Å²) in [5.41, 5.74) is -0.678. The maximum absolute atomic E-state index is 12.7. The fourth-order valence-corrected chi connectivity index (χ4v) is 1.63. The van der Waals surface area contributed by atoms with Crippen molar-refractivity contribution in [2.24, 2.45) is 5.92 Å². The van der Waals surface area contributed by atoms with Crippen molar-refractivity contribution in [3.8, 4) is 0 Å². The zero-order valence-corrected chi connectivity index (χ0v) is 11.6. The summed E-state index contributed by atoms with van der Waals surface area (Å²) in [7, 11) is 0. The zero-order chi connectivity index (χ0) is 14.6. The first-order valence-corrected chi connectivity index (χ1v) is 6.36. The van der Waals surface area contributed by atoms with Crippen LogP contribution in [0.1, 0.15) is 25.0 Å². The van der Waals surface area contributed by atoms with E-state index in [1.165, 1.54) is 18.2 Å². The highest BCUT2D eigenvalue weighted by Crippen LogP contribution is 2.31. The molecule has 106 valence electrons. The fraction of sp³-hybridized carbons (Fsp3) is 0.462. The standard InChI is InChI=1S/C13H16F3NOS/c1-8(2)11(19)12(18)17-7-9-5-3-4-6-10(9)13(14,15)16/h3-6,8,11,19H,7H2,1-2H3,(H,17,18). The van der Waals surface area contributed by atoms with Gasteiger partial charge in [0, 0.05) is 6.54 Å². The number of hydrogen-bond donors (Lipinski definition) is 2. The van der Waals surface area contributed by atoms with Crippen molar-refractivity contribution in [2.75, 3.05) is 0 Å². The van der Waals surface area contributed by atoms with E-state index in [9.17, 15) is 18.0 Å². The Labute approximate surface area is 115 Å². The molecule has 0 saturated carbocycles. The van der Waals surface area contributed by atoms with Crippen LogP contribution in [0.2, 0.25) is 0 Å². The van der Waals surface area contributed by atoms with Gasteiger partial charge in [0.2, 0.25) is 5.91 Å². The van der Waals surface area contributed by atoms with Gasteiger partial charge in [-0.05, 0) is 17.5 Å². The van der Waals surface area contributed by atoms with Crippen molar-refractivity contribution in [3.05, 3.63) is 35.4 Å². The van der Waals surface area contributed by atoms with Gasteiger partial charge in [-0.15, -0.1) is 0 Å². The Morgan fingerprint density at radius 1 is 1.32 bits per heavy atom. The van der Waals surface area contributed by atoms with Gasteiger partial charge in [-0.3, -0.25) is 4.79 Å². The number of rotatable bonds is 4. The number of nitrogens with one attached hydrogen (secondary N) is 1. The molecular weight excluding hydrogens is 275 g/mol. The Bertz CT molecular complexity index is 446. The molecule has 1 aromatic rings. The summed E-state index contributed by atoms with van der Waals surface area (Å²) in [4.78, 5) is 11.7. The molecule has 0 aliphatic heterocycles. The minimum absolute atomic E-state index is 0.0150. The summed E-state index contributed by atoms with van der Waals surface area (Å²) in [5.74, 6) is -0.350. The van der Waals surface area contributed by atoms with Crippen molar-refractivity contribution < 1.29 is 18.0 Å². The summed E-state index contributed by atoms with van der Waals surface area (Å²) in [6.45, 7) is 3.49. The second-order valence-corrected chi connectivity index (χ2v) is 5.12. The number of hydrogen-bond acceptors (Lipinski definition) is 2. The normalized spacial score (nSPS) is 13.4. The predicted octanol–water partition coefficient (Wildman–Crippen LogP) is 3.28. The van der Waals surface area contributed by atoms with Crippen LogP contribution in [-0.4, -0.2) is 11.2 Å². The lowest BCUT2D eigenvalue weighted by Crippen LogP contribution is -2.34. The summed E-state index contributed by atoms with van der Waals surface area (Å²) >= 11 is 4.11. The Balaban J connectivity index is 2.77. The number of halogens is 3. The molecule has 1 rings (SSSR count). The monoisotopic (exact) mass is 291 g/mol. The van der Waals surface area contributed by atoms with Crippen molar-refractivity contribution in [1.29, 1.82) is 0 Å². The lowest BCUT2D eigenvalue weighted by Gasteiger charge is -2.16. The van der Waals surface area contributed by atoms with Gasteiger partial charge < -0.3 is 5.32 Å². The van der Waals surface area contributed by atoms with Crippen molar-refractivity contribution >= 4 is 18.5 Å². The molecule has 0 bridgehead atoms. The van der Waals surface area contributed by atoms with E-state index in [2.05, 4.69) is 17.9 Å². The summed E-state index contributed by atoms with van der Waals surface area (Å²) in [6, 6.07) is 5.19. The van der Waals surface area contributed by atoms with Crippen LogP contribution in [0.4, 0.5) is 13.2 Å². The molecule has 0 fully saturated rings. The predicted molar refractivity (Wildman–Crippen MR) is 70.9 cm³/mol. The van der Waals surface area contributed by atoms with Gasteiger partial charge in [-0.25, -0.2) is 0 Å². The Morgan fingerprint density at radius 2 is 1.89 bits per heavy atom. The minimum atomic E-state index is -4.42. The molecule has 0 radical (unpaired) electrons. The quantitative estimate of drug-likeness (QED) is 0.819. The van der Waals surface area contributed by atoms with Gasteiger partial charge in [0.1, 0.15) is 0 Å². The Morgan fingerprint density at radius 3 is 2.42 bits per heavy atom. The van der Waals surface area contributed by atoms with Crippen LogP contribution in [0.5, 0.6) is 0 Å². The van der Waals surface area contributed by atoms with Gasteiger partial charge in [0.25, 0.3) is 0 Å². The third-order valence-electron chi connectivity index (χ3n) is 2.68. The SMILES string of the molecule is CC(C)C(S)C(=O)NCc1ccccc1C(F)(F)F. The maximum atomic E-state index is 12.7. The number of carbonyl (C=O) groups is 1. The maximum Gasteiger partial charge on any atom is 0.416 e. The molecular formula is C13H16F3NOS. The molecule has 0 heterocycles. The molecule has 2 nitrogen and oxygen atoms in total. The Hall–Kier alpha value is -1.17. The first-order chi connectivity index (χ1) is 8.73. The molecule has 19 heavy (non-hydrogen) atoms. The number of carbonyl (C=O) groups excluding carboxylic acids is 1. The summed E-state index contributed by atoms with van der Waals surface area (Å²) < 4.78 is 38.2. The van der Waals surface area contributed by atoms with Crippen LogP contribution >= 0.6 is 12.6 Å². The molecule has 0 spiro atoms. The van der Waals surface area contributed by atoms with E-state index in [0.29, 0.717) is 0 Å². The van der Waals surface area contributed by atoms with Crippen LogP contribution in [0.25, 0.3) is 0 Å². The van der Waals surface area contributed by atoms with Gasteiger partial charge >= 0.3 is 6.18 Å². The van der Waals surface area contributed by atoms with E-state index in [0.717, 1.165) is 6.07 Å². The molecule has 0 aliphatic carbocycles. The van der Waals surface area contributed by atoms with E-state index in [4.69, 9.17) is 0 Å². The van der Waals surface area contributed by atoms with Crippen molar-refractivity contribution in [1.82, 2.24) is 5.32 Å². The largest absolute Gasteiger partial charge is 0.416 e. The third-order valence-corrected chi connectivity index (χ3v) is 3.51. The van der Waals surface area contributed by atoms with E-state index in [1.807, 2.05) is 13.8 Å². The number of alkyl halides is 3. The highest BCUT2D eigenvalue weighted by atomic mass is 32.1. The average Bonchev–Trinajstić information content (AvgIpc) is 2.34. The molecule has 1 amide bonds. The van der Waals surface area contributed by atoms with E-state index >= 15 is 0 Å². The lowest BCUT2D eigenvalue weighted by molar-refractivity contribution is -0.138. The number of benzene rings is 1. The second kappa shape index (κ2) is 6.32. The zero-order valence-electron chi connectivity index (χ0n) is 10.7. The smallest absolute Gasteiger partial charge is 0.351 e. The molecule has 1 unspecified atom stereocenters. The number of thiol groups is 1. The summed E-state index contributed by atoms with van der Waals surface area (Å²) in [6.07, 6.45) is -4.42. The van der Waals surface area contributed by atoms with Gasteiger partial charge in [0.15, 0.2) is 0 Å². The van der Waals surface area contributed by atoms with Crippen molar-refractivity contribution in [3.63, 3.8) is 0 Å². The van der Waals surface area contributed by atoms with Crippen LogP contribution in [0.15, 0.2) is 24.3 Å². The van der Waals surface area contributed by atoms with Crippen LogP contribution in [-0.2, 0) is 17.5 Å². The number of amides is 1. The van der Waals surface area contributed by atoms with Crippen LogP contribution < -0.4 is 5.32 Å². The van der Waals surface area contributed by atoms with Crippen LogP contribution in [0, 0.1) is 5.92 Å². The van der Waals surface area contributed by atoms with E-state index in [1.54, 1.807) is 0 Å². The van der Waals surface area contributed by atoms with Gasteiger partial charge in [0.05, 0.1) is 10.8 Å². The molecule has 1 aromatic carbocycles. The third kappa shape index (κ3) is 4.45.